The Morgan fingerprint density at radius 2 is 1.95 bits per heavy atom. The second-order valence-corrected chi connectivity index (χ2v) is 6.30. The highest BCUT2D eigenvalue weighted by Gasteiger charge is 2.18. The molecule has 1 aliphatic heterocycles. The van der Waals surface area contributed by atoms with Crippen LogP contribution in [0.25, 0.3) is 0 Å². The zero-order chi connectivity index (χ0) is 14.3. The largest absolute Gasteiger partial charge is 0.344 e. The number of carbonyl (C=O) groups is 1. The van der Waals surface area contributed by atoms with E-state index in [2.05, 4.69) is 18.7 Å². The molecular formula is C15H31N3O. The van der Waals surface area contributed by atoms with Crippen LogP contribution in [0.2, 0.25) is 0 Å². The van der Waals surface area contributed by atoms with Gasteiger partial charge in [0, 0.05) is 26.6 Å². The maximum atomic E-state index is 12.2. The number of rotatable bonds is 8. The van der Waals surface area contributed by atoms with E-state index in [4.69, 9.17) is 5.73 Å². The summed E-state index contributed by atoms with van der Waals surface area (Å²) >= 11 is 0. The monoisotopic (exact) mass is 269 g/mol. The van der Waals surface area contributed by atoms with Crippen LogP contribution in [-0.2, 0) is 4.79 Å². The van der Waals surface area contributed by atoms with Crippen LogP contribution in [0.3, 0.4) is 0 Å². The molecule has 1 saturated heterocycles. The van der Waals surface area contributed by atoms with Gasteiger partial charge >= 0.3 is 0 Å². The van der Waals surface area contributed by atoms with Gasteiger partial charge < -0.3 is 15.5 Å². The molecule has 0 radical (unpaired) electrons. The molecule has 0 spiro atoms. The van der Waals surface area contributed by atoms with Crippen LogP contribution in [0.15, 0.2) is 0 Å². The molecule has 1 fully saturated rings. The van der Waals surface area contributed by atoms with Gasteiger partial charge in [-0.05, 0) is 50.7 Å². The van der Waals surface area contributed by atoms with Crippen LogP contribution < -0.4 is 5.73 Å². The predicted molar refractivity (Wildman–Crippen MR) is 79.9 cm³/mol. The molecule has 112 valence electrons. The van der Waals surface area contributed by atoms with Gasteiger partial charge in [0.25, 0.3) is 0 Å². The van der Waals surface area contributed by atoms with Gasteiger partial charge in [-0.25, -0.2) is 0 Å². The Kier molecular flexibility index (Phi) is 7.39. The molecule has 0 bridgehead atoms. The van der Waals surface area contributed by atoms with E-state index in [1.165, 1.54) is 25.9 Å². The summed E-state index contributed by atoms with van der Waals surface area (Å²) in [7, 11) is 1.92. The predicted octanol–water partition coefficient (Wildman–Crippen LogP) is 1.55. The van der Waals surface area contributed by atoms with Crippen molar-refractivity contribution in [2.45, 2.75) is 39.5 Å². The van der Waals surface area contributed by atoms with Crippen molar-refractivity contribution in [2.75, 3.05) is 39.8 Å². The Balaban J connectivity index is 2.25. The summed E-state index contributed by atoms with van der Waals surface area (Å²) in [6.45, 7) is 9.23. The van der Waals surface area contributed by atoms with Crippen molar-refractivity contribution in [2.24, 2.45) is 17.6 Å². The molecule has 0 aromatic heterocycles. The lowest BCUT2D eigenvalue weighted by Gasteiger charge is -2.24. The van der Waals surface area contributed by atoms with Gasteiger partial charge in [-0.1, -0.05) is 13.8 Å². The van der Waals surface area contributed by atoms with Crippen LogP contribution in [0.5, 0.6) is 0 Å². The third-order valence-electron chi connectivity index (χ3n) is 3.98. The molecule has 2 N–H and O–H groups in total. The SMILES string of the molecule is CC(C)C[C@H](CN)CC(=O)N(C)CCN1CCCC1. The Bertz CT molecular complexity index is 262. The second-order valence-electron chi connectivity index (χ2n) is 6.30. The van der Waals surface area contributed by atoms with Crippen molar-refractivity contribution >= 4 is 5.91 Å². The molecule has 1 rings (SSSR count). The summed E-state index contributed by atoms with van der Waals surface area (Å²) in [6.07, 6.45) is 4.26. The molecule has 0 saturated carbocycles. The molecule has 4 nitrogen and oxygen atoms in total. The fourth-order valence-electron chi connectivity index (χ4n) is 2.75. The number of amides is 1. The lowest BCUT2D eigenvalue weighted by molar-refractivity contribution is -0.131. The number of hydrogen-bond acceptors (Lipinski definition) is 3. The van der Waals surface area contributed by atoms with Crippen LogP contribution in [0.4, 0.5) is 0 Å². The summed E-state index contributed by atoms with van der Waals surface area (Å²) in [5.41, 5.74) is 5.76. The Morgan fingerprint density at radius 3 is 2.47 bits per heavy atom. The van der Waals surface area contributed by atoms with E-state index < -0.39 is 0 Å². The van der Waals surface area contributed by atoms with E-state index in [-0.39, 0.29) is 5.91 Å². The molecule has 4 heteroatoms. The van der Waals surface area contributed by atoms with E-state index in [9.17, 15) is 4.79 Å². The zero-order valence-electron chi connectivity index (χ0n) is 12.9. The number of hydrogen-bond donors (Lipinski definition) is 1. The quantitative estimate of drug-likeness (QED) is 0.727. The lowest BCUT2D eigenvalue weighted by Crippen LogP contribution is -2.36. The van der Waals surface area contributed by atoms with Crippen molar-refractivity contribution in [1.82, 2.24) is 9.80 Å². The number of nitrogens with zero attached hydrogens (tertiary/aromatic N) is 2. The smallest absolute Gasteiger partial charge is 0.222 e. The molecular weight excluding hydrogens is 238 g/mol. The number of carbonyl (C=O) groups excluding carboxylic acids is 1. The van der Waals surface area contributed by atoms with Crippen LogP contribution in [-0.4, -0.2) is 55.5 Å². The summed E-state index contributed by atoms with van der Waals surface area (Å²) in [5, 5.41) is 0. The summed E-state index contributed by atoms with van der Waals surface area (Å²) in [5.74, 6) is 1.19. The summed E-state index contributed by atoms with van der Waals surface area (Å²) in [4.78, 5) is 16.5. The third-order valence-corrected chi connectivity index (χ3v) is 3.98. The first-order valence-corrected chi connectivity index (χ1v) is 7.69. The minimum atomic E-state index is 0.246. The lowest BCUT2D eigenvalue weighted by atomic mass is 9.94. The highest BCUT2D eigenvalue weighted by Crippen LogP contribution is 2.15. The average molecular weight is 269 g/mol. The van der Waals surface area contributed by atoms with Gasteiger partial charge in [0.15, 0.2) is 0 Å². The fourth-order valence-corrected chi connectivity index (χ4v) is 2.75. The Labute approximate surface area is 118 Å². The van der Waals surface area contributed by atoms with Gasteiger partial charge in [-0.3, -0.25) is 4.79 Å². The van der Waals surface area contributed by atoms with E-state index in [0.717, 1.165) is 19.5 Å². The highest BCUT2D eigenvalue weighted by molar-refractivity contribution is 5.76. The van der Waals surface area contributed by atoms with Gasteiger partial charge in [0.2, 0.25) is 5.91 Å². The average Bonchev–Trinajstić information content (AvgIpc) is 2.87. The fraction of sp³-hybridized carbons (Fsp3) is 0.933. The normalized spacial score (nSPS) is 17.9. The number of likely N-dealkylation sites (N-methyl/N-ethyl adjacent to an activating group) is 1. The molecule has 0 aliphatic carbocycles. The van der Waals surface area contributed by atoms with Gasteiger partial charge in [-0.15, -0.1) is 0 Å². The molecule has 0 unspecified atom stereocenters. The van der Waals surface area contributed by atoms with Gasteiger partial charge in [0.05, 0.1) is 0 Å². The van der Waals surface area contributed by atoms with Crippen molar-refractivity contribution in [1.29, 1.82) is 0 Å². The minimum absolute atomic E-state index is 0.246. The van der Waals surface area contributed by atoms with Crippen molar-refractivity contribution in [3.63, 3.8) is 0 Å². The molecule has 1 amide bonds. The second kappa shape index (κ2) is 8.54. The Morgan fingerprint density at radius 1 is 1.32 bits per heavy atom. The van der Waals surface area contributed by atoms with Crippen LogP contribution >= 0.6 is 0 Å². The summed E-state index contributed by atoms with van der Waals surface area (Å²) in [6, 6.07) is 0. The maximum absolute atomic E-state index is 12.2. The standard InChI is InChI=1S/C15H31N3O/c1-13(2)10-14(12-16)11-15(19)17(3)8-9-18-6-4-5-7-18/h13-14H,4-12,16H2,1-3H3/t14-/m0/s1. The molecule has 19 heavy (non-hydrogen) atoms. The topological polar surface area (TPSA) is 49.6 Å². The highest BCUT2D eigenvalue weighted by atomic mass is 16.2. The third kappa shape index (κ3) is 6.39. The molecule has 0 aromatic carbocycles. The number of likely N-dealkylation sites (tertiary alicyclic amines) is 1. The summed E-state index contributed by atoms with van der Waals surface area (Å²) < 4.78 is 0. The van der Waals surface area contributed by atoms with Crippen molar-refractivity contribution in [3.8, 4) is 0 Å². The van der Waals surface area contributed by atoms with E-state index in [0.29, 0.717) is 24.8 Å². The zero-order valence-corrected chi connectivity index (χ0v) is 12.9. The van der Waals surface area contributed by atoms with Crippen molar-refractivity contribution in [3.05, 3.63) is 0 Å². The first kappa shape index (κ1) is 16.4. The van der Waals surface area contributed by atoms with E-state index in [1.807, 2.05) is 11.9 Å². The van der Waals surface area contributed by atoms with E-state index >= 15 is 0 Å². The molecule has 1 aliphatic rings. The number of nitrogens with two attached hydrogens (primary N) is 1. The molecule has 1 atom stereocenters. The minimum Gasteiger partial charge on any atom is -0.344 e. The first-order valence-electron chi connectivity index (χ1n) is 7.69. The van der Waals surface area contributed by atoms with Crippen LogP contribution in [0, 0.1) is 11.8 Å². The van der Waals surface area contributed by atoms with Gasteiger partial charge in [0.1, 0.15) is 0 Å². The molecule has 0 aromatic rings. The maximum Gasteiger partial charge on any atom is 0.222 e. The van der Waals surface area contributed by atoms with Crippen LogP contribution in [0.1, 0.15) is 39.5 Å². The van der Waals surface area contributed by atoms with Gasteiger partial charge in [-0.2, -0.15) is 0 Å². The molecule has 1 heterocycles. The first-order chi connectivity index (χ1) is 9.02. The van der Waals surface area contributed by atoms with E-state index in [1.54, 1.807) is 0 Å². The Hall–Kier alpha value is -0.610. The van der Waals surface area contributed by atoms with Crippen molar-refractivity contribution < 1.29 is 4.79 Å².